The summed E-state index contributed by atoms with van der Waals surface area (Å²) in [5.41, 5.74) is 0.829. The summed E-state index contributed by atoms with van der Waals surface area (Å²) in [6.07, 6.45) is 0. The Morgan fingerprint density at radius 3 is 2.95 bits per heavy atom. The second-order valence-electron chi connectivity index (χ2n) is 4.11. The van der Waals surface area contributed by atoms with Gasteiger partial charge in [-0.05, 0) is 6.92 Å². The minimum absolute atomic E-state index is 0.129. The van der Waals surface area contributed by atoms with Crippen LogP contribution in [-0.2, 0) is 10.5 Å². The first-order chi connectivity index (χ1) is 10.6. The summed E-state index contributed by atoms with van der Waals surface area (Å²) in [5, 5.41) is 15.7. The van der Waals surface area contributed by atoms with Gasteiger partial charge in [0.2, 0.25) is 11.8 Å². The van der Waals surface area contributed by atoms with Crippen molar-refractivity contribution in [2.75, 3.05) is 16.8 Å². The van der Waals surface area contributed by atoms with Crippen LogP contribution in [0.1, 0.15) is 17.4 Å². The average molecular weight is 355 g/mol. The van der Waals surface area contributed by atoms with Crippen LogP contribution in [0.25, 0.3) is 0 Å². The summed E-state index contributed by atoms with van der Waals surface area (Å²) in [7, 11) is 0. The number of nitrogens with one attached hydrogen (secondary N) is 1. The Balaban J connectivity index is 1.78. The van der Waals surface area contributed by atoms with E-state index in [1.807, 2.05) is 6.92 Å². The summed E-state index contributed by atoms with van der Waals surface area (Å²) in [6, 6.07) is 2.07. The number of carbonyl (C=O) groups is 1. The smallest absolute Gasteiger partial charge is 0.236 e. The largest absolute Gasteiger partial charge is 0.340 e. The van der Waals surface area contributed by atoms with Crippen LogP contribution < -0.4 is 5.32 Å². The van der Waals surface area contributed by atoms with E-state index >= 15 is 0 Å². The Kier molecular flexibility index (Phi) is 6.23. The lowest BCUT2D eigenvalue weighted by molar-refractivity contribution is -0.113. The van der Waals surface area contributed by atoms with Crippen molar-refractivity contribution in [2.24, 2.45) is 0 Å². The summed E-state index contributed by atoms with van der Waals surface area (Å²) in [5.74, 6) is 2.14. The van der Waals surface area contributed by atoms with Crippen LogP contribution in [0.3, 0.4) is 0 Å². The maximum Gasteiger partial charge on any atom is 0.236 e. The molecule has 0 radical (unpaired) electrons. The van der Waals surface area contributed by atoms with Gasteiger partial charge >= 0.3 is 0 Å². The zero-order valence-corrected chi connectivity index (χ0v) is 14.4. The highest BCUT2D eigenvalue weighted by molar-refractivity contribution is 8.01. The number of nitriles is 1. The van der Waals surface area contributed by atoms with E-state index in [4.69, 9.17) is 9.78 Å². The molecule has 22 heavy (non-hydrogen) atoms. The zero-order chi connectivity index (χ0) is 15.9. The lowest BCUT2D eigenvalue weighted by Crippen LogP contribution is -2.14. The zero-order valence-electron chi connectivity index (χ0n) is 12.0. The lowest BCUT2D eigenvalue weighted by atomic mass is 10.6. The molecule has 0 unspecified atom stereocenters. The van der Waals surface area contributed by atoms with Gasteiger partial charge in [0, 0.05) is 6.92 Å². The molecule has 0 atom stereocenters. The number of amides is 1. The van der Waals surface area contributed by atoms with Crippen molar-refractivity contribution in [3.63, 3.8) is 0 Å². The van der Waals surface area contributed by atoms with Crippen LogP contribution in [0.2, 0.25) is 0 Å². The molecule has 2 heterocycles. The summed E-state index contributed by atoms with van der Waals surface area (Å²) in [6.45, 7) is 3.58. The second kappa shape index (κ2) is 8.17. The van der Waals surface area contributed by atoms with Crippen LogP contribution in [0.4, 0.5) is 5.13 Å². The minimum Gasteiger partial charge on any atom is -0.340 e. The van der Waals surface area contributed by atoms with E-state index in [0.29, 0.717) is 28.4 Å². The van der Waals surface area contributed by atoms with E-state index in [1.165, 1.54) is 34.9 Å². The predicted molar refractivity (Wildman–Crippen MR) is 87.0 cm³/mol. The molecule has 2 aromatic rings. The van der Waals surface area contributed by atoms with Crippen LogP contribution in [0.15, 0.2) is 8.73 Å². The molecule has 0 saturated heterocycles. The molecule has 0 spiro atoms. The second-order valence-corrected chi connectivity index (χ2v) is 7.34. The third-order valence-electron chi connectivity index (χ3n) is 2.30. The quantitative estimate of drug-likeness (QED) is 0.756. The Labute approximate surface area is 139 Å². The number of rotatable bonds is 7. The molecule has 2 aromatic heterocycles. The van der Waals surface area contributed by atoms with Gasteiger partial charge in [0.15, 0.2) is 11.0 Å². The number of anilines is 1. The summed E-state index contributed by atoms with van der Waals surface area (Å²) < 4.78 is 5.81. The van der Waals surface area contributed by atoms with Gasteiger partial charge in [0.25, 0.3) is 0 Å². The SMILES string of the molecule is Cc1nc(CSCC(=O)Nc2nc(C)c(SCC#N)s2)no1. The third-order valence-corrected chi connectivity index (χ3v) is 5.53. The molecule has 1 N–H and O–H groups in total. The highest BCUT2D eigenvalue weighted by Gasteiger charge is 2.11. The first kappa shape index (κ1) is 16.8. The monoisotopic (exact) mass is 355 g/mol. The lowest BCUT2D eigenvalue weighted by Gasteiger charge is -1.99. The van der Waals surface area contributed by atoms with Gasteiger partial charge in [-0.25, -0.2) is 4.98 Å². The highest BCUT2D eigenvalue weighted by atomic mass is 32.2. The first-order valence-corrected chi connectivity index (χ1v) is 9.18. The van der Waals surface area contributed by atoms with E-state index in [1.54, 1.807) is 6.92 Å². The molecule has 116 valence electrons. The topological polar surface area (TPSA) is 105 Å². The standard InChI is InChI=1S/C12H13N5O2S3/c1-7-11(21-4-3-13)22-12(14-7)16-10(18)6-20-5-9-15-8(2)19-17-9/h4-6H2,1-2H3,(H,14,16,18). The van der Waals surface area contributed by atoms with Crippen molar-refractivity contribution >= 4 is 45.9 Å². The van der Waals surface area contributed by atoms with E-state index in [0.717, 1.165) is 9.90 Å². The molecule has 0 aliphatic heterocycles. The molecule has 10 heteroatoms. The highest BCUT2D eigenvalue weighted by Crippen LogP contribution is 2.31. The average Bonchev–Trinajstić information content (AvgIpc) is 3.03. The molecule has 1 amide bonds. The van der Waals surface area contributed by atoms with Gasteiger partial charge in [0.05, 0.1) is 33.2 Å². The number of aromatic nitrogens is 3. The number of thiazole rings is 1. The van der Waals surface area contributed by atoms with E-state index in [-0.39, 0.29) is 11.7 Å². The Morgan fingerprint density at radius 1 is 1.45 bits per heavy atom. The normalized spacial score (nSPS) is 10.4. The number of hydrogen-bond donors (Lipinski definition) is 1. The number of carbonyl (C=O) groups excluding carboxylic acids is 1. The fraction of sp³-hybridized carbons (Fsp3) is 0.417. The van der Waals surface area contributed by atoms with Gasteiger partial charge in [-0.1, -0.05) is 28.3 Å². The van der Waals surface area contributed by atoms with Crippen molar-refractivity contribution in [1.82, 2.24) is 15.1 Å². The number of nitrogens with zero attached hydrogens (tertiary/aromatic N) is 4. The van der Waals surface area contributed by atoms with E-state index in [9.17, 15) is 4.79 Å². The summed E-state index contributed by atoms with van der Waals surface area (Å²) >= 11 is 4.21. The molecular weight excluding hydrogens is 342 g/mol. The number of thioether (sulfide) groups is 2. The van der Waals surface area contributed by atoms with Gasteiger partial charge < -0.3 is 9.84 Å². The molecule has 0 aromatic carbocycles. The minimum atomic E-state index is -0.129. The van der Waals surface area contributed by atoms with Crippen LogP contribution in [0, 0.1) is 25.2 Å². The summed E-state index contributed by atoms with van der Waals surface area (Å²) in [4.78, 5) is 20.2. The first-order valence-electron chi connectivity index (χ1n) is 6.22. The van der Waals surface area contributed by atoms with Crippen LogP contribution >= 0.6 is 34.9 Å². The maximum absolute atomic E-state index is 11.9. The number of hydrogen-bond acceptors (Lipinski definition) is 9. The van der Waals surface area contributed by atoms with Crippen molar-refractivity contribution in [3.05, 3.63) is 17.4 Å². The molecule has 0 fully saturated rings. The fourth-order valence-electron chi connectivity index (χ4n) is 1.46. The van der Waals surface area contributed by atoms with E-state index < -0.39 is 0 Å². The molecule has 2 rings (SSSR count). The molecule has 0 aliphatic rings. The van der Waals surface area contributed by atoms with Crippen molar-refractivity contribution in [2.45, 2.75) is 23.8 Å². The molecule has 0 saturated carbocycles. The molecule has 7 nitrogen and oxygen atoms in total. The van der Waals surface area contributed by atoms with Crippen molar-refractivity contribution < 1.29 is 9.32 Å². The molecule has 0 aliphatic carbocycles. The van der Waals surface area contributed by atoms with Gasteiger partial charge in [-0.2, -0.15) is 10.2 Å². The fourth-order valence-corrected chi connectivity index (χ4v) is 3.93. The Morgan fingerprint density at radius 2 is 2.27 bits per heavy atom. The van der Waals surface area contributed by atoms with Crippen LogP contribution in [0.5, 0.6) is 0 Å². The van der Waals surface area contributed by atoms with Gasteiger partial charge in [-0.3, -0.25) is 4.79 Å². The molecular formula is C12H13N5O2S3. The Bertz CT molecular complexity index is 691. The third kappa shape index (κ3) is 5.01. The van der Waals surface area contributed by atoms with Crippen molar-refractivity contribution in [1.29, 1.82) is 5.26 Å². The number of aryl methyl sites for hydroxylation is 2. The van der Waals surface area contributed by atoms with Gasteiger partial charge in [0.1, 0.15) is 0 Å². The van der Waals surface area contributed by atoms with Gasteiger partial charge in [-0.15, -0.1) is 11.8 Å². The Hall–Kier alpha value is -1.57. The van der Waals surface area contributed by atoms with Crippen molar-refractivity contribution in [3.8, 4) is 6.07 Å². The van der Waals surface area contributed by atoms with E-state index in [2.05, 4.69) is 26.5 Å². The predicted octanol–water partition coefficient (Wildman–Crippen LogP) is 2.63. The van der Waals surface area contributed by atoms with Crippen LogP contribution in [-0.4, -0.2) is 32.5 Å². The molecule has 0 bridgehead atoms. The maximum atomic E-state index is 11.9.